The number of nitrogens with zero attached hydrogens (tertiary/aromatic N) is 1. The quantitative estimate of drug-likeness (QED) is 0.684. The highest BCUT2D eigenvalue weighted by atomic mass is 16.5. The van der Waals surface area contributed by atoms with Crippen molar-refractivity contribution in [1.29, 1.82) is 0 Å². The van der Waals surface area contributed by atoms with Gasteiger partial charge in [0.1, 0.15) is 0 Å². The average Bonchev–Trinajstić information content (AvgIpc) is 2.40. The largest absolute Gasteiger partial charge is 0.383 e. The van der Waals surface area contributed by atoms with E-state index in [0.717, 1.165) is 19.7 Å². The number of hydrogen-bond donors (Lipinski definition) is 1. The minimum Gasteiger partial charge on any atom is -0.383 e. The molecule has 0 amide bonds. The van der Waals surface area contributed by atoms with E-state index in [2.05, 4.69) is 36.3 Å². The maximum Gasteiger partial charge on any atom is 0.0587 e. The lowest BCUT2D eigenvalue weighted by molar-refractivity contribution is 0.198. The van der Waals surface area contributed by atoms with Crippen molar-refractivity contribution < 1.29 is 4.74 Å². The fourth-order valence-corrected chi connectivity index (χ4v) is 2.35. The van der Waals surface area contributed by atoms with E-state index in [0.29, 0.717) is 11.8 Å². The van der Waals surface area contributed by atoms with Gasteiger partial charge in [0, 0.05) is 32.6 Å². The van der Waals surface area contributed by atoms with Crippen LogP contribution in [0.25, 0.3) is 0 Å². The van der Waals surface area contributed by atoms with Crippen molar-refractivity contribution >= 4 is 0 Å². The Morgan fingerprint density at radius 2 is 2.06 bits per heavy atom. The highest BCUT2D eigenvalue weighted by Crippen LogP contribution is 2.26. The standard InChI is InChI=1S/C15H26N2O/c1-4-5-13(2)15(12-17-10-11-18-3)14-6-8-16-9-7-14/h6-9,13,15,17H,4-5,10-12H2,1-3H3. The van der Waals surface area contributed by atoms with Gasteiger partial charge in [-0.2, -0.15) is 0 Å². The molecule has 3 heteroatoms. The van der Waals surface area contributed by atoms with Gasteiger partial charge in [-0.15, -0.1) is 0 Å². The maximum atomic E-state index is 5.06. The van der Waals surface area contributed by atoms with Crippen LogP contribution in [0.2, 0.25) is 0 Å². The van der Waals surface area contributed by atoms with Gasteiger partial charge >= 0.3 is 0 Å². The average molecular weight is 250 g/mol. The zero-order chi connectivity index (χ0) is 13.2. The number of nitrogens with one attached hydrogen (secondary N) is 1. The summed E-state index contributed by atoms with van der Waals surface area (Å²) in [5, 5.41) is 3.48. The lowest BCUT2D eigenvalue weighted by Gasteiger charge is -2.24. The smallest absolute Gasteiger partial charge is 0.0587 e. The molecular weight excluding hydrogens is 224 g/mol. The monoisotopic (exact) mass is 250 g/mol. The Hall–Kier alpha value is -0.930. The molecule has 0 saturated heterocycles. The Balaban J connectivity index is 2.58. The summed E-state index contributed by atoms with van der Waals surface area (Å²) in [5.74, 6) is 1.25. The van der Waals surface area contributed by atoms with Crippen LogP contribution in [0, 0.1) is 5.92 Å². The van der Waals surface area contributed by atoms with Crippen LogP contribution in [0.1, 0.15) is 38.2 Å². The second kappa shape index (κ2) is 9.06. The number of aromatic nitrogens is 1. The number of ether oxygens (including phenoxy) is 1. The summed E-state index contributed by atoms with van der Waals surface area (Å²) in [5.41, 5.74) is 1.39. The van der Waals surface area contributed by atoms with Gasteiger partial charge in [0.15, 0.2) is 0 Å². The van der Waals surface area contributed by atoms with Crippen LogP contribution in [0.15, 0.2) is 24.5 Å². The summed E-state index contributed by atoms with van der Waals surface area (Å²) >= 11 is 0. The predicted molar refractivity (Wildman–Crippen MR) is 75.8 cm³/mol. The molecule has 2 unspecified atom stereocenters. The summed E-state index contributed by atoms with van der Waals surface area (Å²) in [6.45, 7) is 7.28. The molecule has 0 saturated carbocycles. The van der Waals surface area contributed by atoms with Crippen molar-refractivity contribution in [2.24, 2.45) is 5.92 Å². The molecule has 0 fully saturated rings. The molecule has 0 spiro atoms. The molecule has 1 rings (SSSR count). The topological polar surface area (TPSA) is 34.1 Å². The molecule has 18 heavy (non-hydrogen) atoms. The zero-order valence-electron chi connectivity index (χ0n) is 11.9. The van der Waals surface area contributed by atoms with E-state index in [1.165, 1.54) is 18.4 Å². The fourth-order valence-electron chi connectivity index (χ4n) is 2.35. The van der Waals surface area contributed by atoms with E-state index in [9.17, 15) is 0 Å². The summed E-state index contributed by atoms with van der Waals surface area (Å²) in [6.07, 6.45) is 6.27. The van der Waals surface area contributed by atoms with Crippen molar-refractivity contribution in [2.45, 2.75) is 32.6 Å². The Morgan fingerprint density at radius 3 is 2.67 bits per heavy atom. The van der Waals surface area contributed by atoms with Crippen LogP contribution in [0.3, 0.4) is 0 Å². The van der Waals surface area contributed by atoms with Gasteiger partial charge in [-0.1, -0.05) is 26.7 Å². The van der Waals surface area contributed by atoms with Gasteiger partial charge < -0.3 is 10.1 Å². The van der Waals surface area contributed by atoms with Crippen molar-refractivity contribution in [3.05, 3.63) is 30.1 Å². The lowest BCUT2D eigenvalue weighted by Crippen LogP contribution is -2.28. The molecule has 2 atom stereocenters. The number of pyridine rings is 1. The SMILES string of the molecule is CCCC(C)C(CNCCOC)c1ccncc1. The molecule has 0 aliphatic rings. The minimum atomic E-state index is 0.560. The van der Waals surface area contributed by atoms with Gasteiger partial charge in [-0.3, -0.25) is 4.98 Å². The van der Waals surface area contributed by atoms with Crippen molar-refractivity contribution in [2.75, 3.05) is 26.8 Å². The van der Waals surface area contributed by atoms with Crippen LogP contribution in [-0.4, -0.2) is 31.8 Å². The Morgan fingerprint density at radius 1 is 1.33 bits per heavy atom. The van der Waals surface area contributed by atoms with Gasteiger partial charge in [-0.05, 0) is 29.5 Å². The third kappa shape index (κ3) is 5.15. The number of rotatable bonds is 9. The predicted octanol–water partition coefficient (Wildman–Crippen LogP) is 2.84. The fraction of sp³-hybridized carbons (Fsp3) is 0.667. The molecule has 1 N–H and O–H groups in total. The Bertz CT molecular complexity index is 303. The van der Waals surface area contributed by atoms with Gasteiger partial charge in [0.05, 0.1) is 6.61 Å². The molecule has 0 aliphatic carbocycles. The van der Waals surface area contributed by atoms with Gasteiger partial charge in [-0.25, -0.2) is 0 Å². The van der Waals surface area contributed by atoms with E-state index < -0.39 is 0 Å². The normalized spacial score (nSPS) is 14.4. The summed E-state index contributed by atoms with van der Waals surface area (Å²) in [7, 11) is 1.74. The van der Waals surface area contributed by atoms with Crippen molar-refractivity contribution in [3.8, 4) is 0 Å². The Kier molecular flexibility index (Phi) is 7.62. The van der Waals surface area contributed by atoms with Crippen LogP contribution >= 0.6 is 0 Å². The number of hydrogen-bond acceptors (Lipinski definition) is 3. The summed E-state index contributed by atoms with van der Waals surface area (Å²) in [6, 6.07) is 4.27. The van der Waals surface area contributed by atoms with Crippen LogP contribution in [0.5, 0.6) is 0 Å². The molecule has 0 aromatic carbocycles. The molecule has 1 heterocycles. The molecule has 3 nitrogen and oxygen atoms in total. The lowest BCUT2D eigenvalue weighted by atomic mass is 9.85. The molecule has 0 radical (unpaired) electrons. The first-order valence-electron chi connectivity index (χ1n) is 6.89. The molecule has 1 aromatic rings. The number of methoxy groups -OCH3 is 1. The highest BCUT2D eigenvalue weighted by Gasteiger charge is 2.18. The summed E-state index contributed by atoms with van der Waals surface area (Å²) in [4.78, 5) is 4.10. The van der Waals surface area contributed by atoms with Crippen LogP contribution in [0.4, 0.5) is 0 Å². The first-order chi connectivity index (χ1) is 8.79. The van der Waals surface area contributed by atoms with E-state index in [1.54, 1.807) is 7.11 Å². The van der Waals surface area contributed by atoms with Crippen LogP contribution in [-0.2, 0) is 4.74 Å². The molecular formula is C15H26N2O. The Labute approximate surface area is 111 Å². The van der Waals surface area contributed by atoms with Crippen molar-refractivity contribution in [1.82, 2.24) is 10.3 Å². The second-order valence-corrected chi connectivity index (χ2v) is 4.85. The molecule has 0 bridgehead atoms. The minimum absolute atomic E-state index is 0.560. The van der Waals surface area contributed by atoms with E-state index in [1.807, 2.05) is 12.4 Å². The van der Waals surface area contributed by atoms with E-state index in [-0.39, 0.29) is 0 Å². The van der Waals surface area contributed by atoms with Gasteiger partial charge in [0.2, 0.25) is 0 Å². The second-order valence-electron chi connectivity index (χ2n) is 4.85. The molecule has 1 aromatic heterocycles. The van der Waals surface area contributed by atoms with Crippen LogP contribution < -0.4 is 5.32 Å². The maximum absolute atomic E-state index is 5.06. The first kappa shape index (κ1) is 15.1. The van der Waals surface area contributed by atoms with E-state index in [4.69, 9.17) is 4.74 Å². The third-order valence-electron chi connectivity index (χ3n) is 3.41. The first-order valence-corrected chi connectivity index (χ1v) is 6.89. The summed E-state index contributed by atoms with van der Waals surface area (Å²) < 4.78 is 5.06. The highest BCUT2D eigenvalue weighted by molar-refractivity contribution is 5.17. The van der Waals surface area contributed by atoms with E-state index >= 15 is 0 Å². The zero-order valence-corrected chi connectivity index (χ0v) is 11.9. The third-order valence-corrected chi connectivity index (χ3v) is 3.41. The molecule has 0 aliphatic heterocycles. The van der Waals surface area contributed by atoms with Gasteiger partial charge in [0.25, 0.3) is 0 Å². The van der Waals surface area contributed by atoms with Crippen molar-refractivity contribution in [3.63, 3.8) is 0 Å². The molecule has 102 valence electrons.